The van der Waals surface area contributed by atoms with E-state index in [-0.39, 0.29) is 22.2 Å². The molecule has 11 heteroatoms. The Bertz CT molecular complexity index is 1100. The van der Waals surface area contributed by atoms with E-state index in [1.54, 1.807) is 0 Å². The third-order valence-corrected chi connectivity index (χ3v) is 4.59. The highest BCUT2D eigenvalue weighted by Crippen LogP contribution is 2.29. The van der Waals surface area contributed by atoms with E-state index in [0.29, 0.717) is 11.3 Å². The number of carbonyl (C=O) groups excluding carboxylic acids is 1. The lowest BCUT2D eigenvalue weighted by atomic mass is 9.87. The van der Waals surface area contributed by atoms with E-state index < -0.39 is 17.6 Å². The summed E-state index contributed by atoms with van der Waals surface area (Å²) in [7, 11) is 0. The minimum absolute atomic E-state index is 0.000672. The van der Waals surface area contributed by atoms with E-state index in [1.165, 1.54) is 12.1 Å². The number of alkyl halides is 3. The lowest BCUT2D eigenvalue weighted by Crippen LogP contribution is -2.43. The van der Waals surface area contributed by atoms with Crippen LogP contribution in [0.1, 0.15) is 42.6 Å². The number of hydrazine groups is 1. The summed E-state index contributed by atoms with van der Waals surface area (Å²) in [5, 5.41) is 6.41. The van der Waals surface area contributed by atoms with Gasteiger partial charge in [-0.3, -0.25) is 15.6 Å². The number of hydrogen-bond donors (Lipinski definition) is 3. The van der Waals surface area contributed by atoms with Gasteiger partial charge in [0.15, 0.2) is 5.11 Å². The molecule has 2 aromatic carbocycles. The molecule has 1 amide bonds. The second kappa shape index (κ2) is 8.95. The van der Waals surface area contributed by atoms with Gasteiger partial charge in [-0.05, 0) is 47.5 Å². The molecule has 0 unspecified atom stereocenters. The Hall–Kier alpha value is -3.47. The molecule has 0 aliphatic heterocycles. The highest BCUT2D eigenvalue weighted by Gasteiger charge is 2.30. The average molecular weight is 463 g/mol. The Morgan fingerprint density at radius 2 is 1.53 bits per heavy atom. The van der Waals surface area contributed by atoms with Crippen LogP contribution in [0.3, 0.4) is 0 Å². The van der Waals surface area contributed by atoms with E-state index in [9.17, 15) is 18.0 Å². The Morgan fingerprint density at radius 1 is 0.938 bits per heavy atom. The molecule has 1 heterocycles. The molecule has 0 bridgehead atoms. The van der Waals surface area contributed by atoms with Crippen molar-refractivity contribution in [3.8, 4) is 11.4 Å². The van der Waals surface area contributed by atoms with Gasteiger partial charge in [0.1, 0.15) is 0 Å². The van der Waals surface area contributed by atoms with Crippen molar-refractivity contribution in [3.05, 3.63) is 65.5 Å². The molecule has 0 atom stereocenters. The molecule has 0 aliphatic carbocycles. The van der Waals surface area contributed by atoms with Gasteiger partial charge < -0.3 is 9.84 Å². The molecule has 0 spiro atoms. The van der Waals surface area contributed by atoms with Crippen LogP contribution in [0.2, 0.25) is 0 Å². The maximum absolute atomic E-state index is 12.6. The first-order valence-electron chi connectivity index (χ1n) is 9.43. The van der Waals surface area contributed by atoms with Gasteiger partial charge in [-0.25, -0.2) is 0 Å². The van der Waals surface area contributed by atoms with Gasteiger partial charge in [0, 0.05) is 11.3 Å². The standard InChI is InChI=1S/C21H20F3N5O2S/c1-20(2,3)13-6-4-12(5-7-13)16-26-18(31-29-16)17(30)27-28-19(32)25-15-10-8-14(9-11-15)21(22,23)24/h4-11H,1-3H3,(H,27,30)(H2,25,28,32). The first-order valence-corrected chi connectivity index (χ1v) is 9.83. The van der Waals surface area contributed by atoms with Crippen molar-refractivity contribution in [2.24, 2.45) is 0 Å². The summed E-state index contributed by atoms with van der Waals surface area (Å²) in [6, 6.07) is 11.9. The summed E-state index contributed by atoms with van der Waals surface area (Å²) >= 11 is 5.01. The van der Waals surface area contributed by atoms with Crippen LogP contribution in [-0.2, 0) is 11.6 Å². The molecule has 0 saturated heterocycles. The summed E-state index contributed by atoms with van der Waals surface area (Å²) in [4.78, 5) is 16.3. The predicted octanol–water partition coefficient (Wildman–Crippen LogP) is 4.68. The fourth-order valence-electron chi connectivity index (χ4n) is 2.62. The molecule has 32 heavy (non-hydrogen) atoms. The Balaban J connectivity index is 1.55. The molecule has 3 aromatic rings. The lowest BCUT2D eigenvalue weighted by Gasteiger charge is -2.18. The van der Waals surface area contributed by atoms with Gasteiger partial charge in [-0.1, -0.05) is 50.2 Å². The van der Waals surface area contributed by atoms with Crippen LogP contribution < -0.4 is 16.2 Å². The third kappa shape index (κ3) is 5.82. The lowest BCUT2D eigenvalue weighted by molar-refractivity contribution is -0.137. The van der Waals surface area contributed by atoms with Crippen LogP contribution in [0, 0.1) is 0 Å². The van der Waals surface area contributed by atoms with E-state index in [1.807, 2.05) is 24.3 Å². The summed E-state index contributed by atoms with van der Waals surface area (Å²) in [6.07, 6.45) is -4.43. The first-order chi connectivity index (χ1) is 14.9. The minimum atomic E-state index is -4.43. The van der Waals surface area contributed by atoms with Crippen molar-refractivity contribution in [1.82, 2.24) is 21.0 Å². The number of nitrogens with zero attached hydrogens (tertiary/aromatic N) is 2. The zero-order valence-corrected chi connectivity index (χ0v) is 18.2. The van der Waals surface area contributed by atoms with Crippen LogP contribution in [0.5, 0.6) is 0 Å². The minimum Gasteiger partial charge on any atom is -0.331 e. The Labute approximate surface area is 187 Å². The largest absolute Gasteiger partial charge is 0.416 e. The second-order valence-electron chi connectivity index (χ2n) is 7.86. The van der Waals surface area contributed by atoms with Crippen LogP contribution in [-0.4, -0.2) is 21.2 Å². The number of rotatable bonds is 3. The molecule has 168 valence electrons. The molecule has 3 rings (SSSR count). The number of nitrogens with one attached hydrogen (secondary N) is 3. The molecule has 0 aliphatic rings. The maximum atomic E-state index is 12.6. The maximum Gasteiger partial charge on any atom is 0.416 e. The SMILES string of the molecule is CC(C)(C)c1ccc(-c2noc(C(=O)NNC(=S)Nc3ccc(C(F)(F)F)cc3)n2)cc1. The van der Waals surface area contributed by atoms with Gasteiger partial charge in [-0.2, -0.15) is 18.2 Å². The van der Waals surface area contributed by atoms with Gasteiger partial charge in [0.05, 0.1) is 5.56 Å². The fourth-order valence-corrected chi connectivity index (χ4v) is 2.79. The number of thiocarbonyl (C=S) groups is 1. The van der Waals surface area contributed by atoms with Crippen molar-refractivity contribution in [3.63, 3.8) is 0 Å². The molecular weight excluding hydrogens is 443 g/mol. The number of benzene rings is 2. The molecule has 7 nitrogen and oxygen atoms in total. The summed E-state index contributed by atoms with van der Waals surface area (Å²) in [5.74, 6) is -0.766. The monoisotopic (exact) mass is 463 g/mol. The van der Waals surface area contributed by atoms with E-state index >= 15 is 0 Å². The normalized spacial score (nSPS) is 11.7. The number of hydrogen-bond acceptors (Lipinski definition) is 5. The number of carbonyl (C=O) groups is 1. The van der Waals surface area contributed by atoms with Crippen molar-refractivity contribution >= 4 is 28.9 Å². The van der Waals surface area contributed by atoms with Gasteiger partial charge in [0.25, 0.3) is 0 Å². The van der Waals surface area contributed by atoms with Crippen LogP contribution in [0.25, 0.3) is 11.4 Å². The van der Waals surface area contributed by atoms with Crippen LogP contribution in [0.15, 0.2) is 53.1 Å². The predicted molar refractivity (Wildman–Crippen MR) is 117 cm³/mol. The Morgan fingerprint density at radius 3 is 2.09 bits per heavy atom. The molecule has 0 radical (unpaired) electrons. The summed E-state index contributed by atoms with van der Waals surface area (Å²) in [6.45, 7) is 6.30. The van der Waals surface area contributed by atoms with Crippen LogP contribution in [0.4, 0.5) is 18.9 Å². The molecular formula is C21H20F3N5O2S. The van der Waals surface area contributed by atoms with Crippen molar-refractivity contribution in [1.29, 1.82) is 0 Å². The topological polar surface area (TPSA) is 92.1 Å². The van der Waals surface area contributed by atoms with Crippen molar-refractivity contribution < 1.29 is 22.5 Å². The second-order valence-corrected chi connectivity index (χ2v) is 8.27. The van der Waals surface area contributed by atoms with Crippen molar-refractivity contribution in [2.75, 3.05) is 5.32 Å². The van der Waals surface area contributed by atoms with Crippen molar-refractivity contribution in [2.45, 2.75) is 32.4 Å². The van der Waals surface area contributed by atoms with E-state index in [0.717, 1.165) is 17.7 Å². The number of amides is 1. The molecule has 3 N–H and O–H groups in total. The molecule has 1 aromatic heterocycles. The molecule has 0 saturated carbocycles. The van der Waals surface area contributed by atoms with Gasteiger partial charge in [-0.15, -0.1) is 0 Å². The summed E-state index contributed by atoms with van der Waals surface area (Å²) < 4.78 is 42.8. The number of halogens is 3. The third-order valence-electron chi connectivity index (χ3n) is 4.39. The first kappa shape index (κ1) is 23.2. The van der Waals surface area contributed by atoms with E-state index in [4.69, 9.17) is 16.7 Å². The average Bonchev–Trinajstić information content (AvgIpc) is 3.21. The van der Waals surface area contributed by atoms with E-state index in [2.05, 4.69) is 47.1 Å². The highest BCUT2D eigenvalue weighted by atomic mass is 32.1. The van der Waals surface area contributed by atoms with Gasteiger partial charge in [0.2, 0.25) is 5.82 Å². The Kier molecular flexibility index (Phi) is 6.49. The smallest absolute Gasteiger partial charge is 0.331 e. The zero-order chi connectivity index (χ0) is 23.5. The zero-order valence-electron chi connectivity index (χ0n) is 17.4. The fraction of sp³-hybridized carbons (Fsp3) is 0.238. The quantitative estimate of drug-likeness (QED) is 0.384. The highest BCUT2D eigenvalue weighted by molar-refractivity contribution is 7.80. The van der Waals surface area contributed by atoms with Gasteiger partial charge >= 0.3 is 18.0 Å². The number of anilines is 1. The number of aromatic nitrogens is 2. The molecule has 0 fully saturated rings. The summed E-state index contributed by atoms with van der Waals surface area (Å²) in [5.41, 5.74) is 6.05. The van der Waals surface area contributed by atoms with Crippen LogP contribution >= 0.6 is 12.2 Å².